The third kappa shape index (κ3) is 3.46. The number of hydrogen-bond donors (Lipinski definition) is 1. The van der Waals surface area contributed by atoms with E-state index in [9.17, 15) is 9.90 Å². The molecule has 1 N–H and O–H groups in total. The molecular weight excluding hydrogens is 216 g/mol. The molecule has 0 aliphatic rings. The number of phenols is 1. The van der Waals surface area contributed by atoms with Gasteiger partial charge >= 0.3 is 0 Å². The molecule has 1 aromatic carbocycles. The van der Waals surface area contributed by atoms with Gasteiger partial charge in [0.2, 0.25) is 0 Å². The Labute approximate surface area is 102 Å². The fourth-order valence-corrected chi connectivity index (χ4v) is 1.51. The van der Waals surface area contributed by atoms with E-state index in [1.807, 2.05) is 19.0 Å². The van der Waals surface area contributed by atoms with Gasteiger partial charge in [-0.2, -0.15) is 0 Å². The SMILES string of the molecule is Cc1c(O)cccc1C(=O)N(C)CCN(C)C. The first kappa shape index (κ1) is 13.5. The van der Waals surface area contributed by atoms with Crippen LogP contribution in [0, 0.1) is 6.92 Å². The summed E-state index contributed by atoms with van der Waals surface area (Å²) in [6.07, 6.45) is 0. The van der Waals surface area contributed by atoms with Crippen LogP contribution in [0.5, 0.6) is 5.75 Å². The van der Waals surface area contributed by atoms with Gasteiger partial charge in [0.25, 0.3) is 5.91 Å². The number of carbonyl (C=O) groups excluding carboxylic acids is 1. The zero-order valence-electron chi connectivity index (χ0n) is 10.9. The van der Waals surface area contributed by atoms with Gasteiger partial charge in [-0.05, 0) is 33.2 Å². The molecule has 17 heavy (non-hydrogen) atoms. The van der Waals surface area contributed by atoms with Gasteiger partial charge in [0.1, 0.15) is 5.75 Å². The molecule has 0 spiro atoms. The summed E-state index contributed by atoms with van der Waals surface area (Å²) in [4.78, 5) is 15.8. The molecule has 1 amide bonds. The van der Waals surface area contributed by atoms with Gasteiger partial charge in [-0.15, -0.1) is 0 Å². The number of amides is 1. The molecule has 0 atom stereocenters. The first-order chi connectivity index (χ1) is 7.93. The fraction of sp³-hybridized carbons (Fsp3) is 0.462. The average molecular weight is 236 g/mol. The minimum atomic E-state index is -0.0553. The molecule has 1 aromatic rings. The Balaban J connectivity index is 2.78. The molecule has 0 unspecified atom stereocenters. The molecule has 0 saturated carbocycles. The largest absolute Gasteiger partial charge is 0.508 e. The topological polar surface area (TPSA) is 43.8 Å². The van der Waals surface area contributed by atoms with E-state index in [1.54, 1.807) is 37.1 Å². The number of benzene rings is 1. The van der Waals surface area contributed by atoms with Crippen molar-refractivity contribution in [3.05, 3.63) is 29.3 Å². The molecule has 0 radical (unpaired) electrons. The van der Waals surface area contributed by atoms with E-state index in [2.05, 4.69) is 0 Å². The van der Waals surface area contributed by atoms with Gasteiger partial charge in [-0.25, -0.2) is 0 Å². The second-order valence-corrected chi connectivity index (χ2v) is 4.48. The lowest BCUT2D eigenvalue weighted by Gasteiger charge is -2.20. The lowest BCUT2D eigenvalue weighted by molar-refractivity contribution is 0.0785. The summed E-state index contributed by atoms with van der Waals surface area (Å²) in [5.41, 5.74) is 1.19. The van der Waals surface area contributed by atoms with Crippen LogP contribution in [0.25, 0.3) is 0 Å². The molecule has 0 saturated heterocycles. The van der Waals surface area contributed by atoms with Crippen molar-refractivity contribution in [1.29, 1.82) is 0 Å². The third-order valence-electron chi connectivity index (χ3n) is 2.76. The lowest BCUT2D eigenvalue weighted by Crippen LogP contribution is -2.33. The maximum atomic E-state index is 12.1. The van der Waals surface area contributed by atoms with Crippen LogP contribution in [0.2, 0.25) is 0 Å². The molecule has 0 heterocycles. The van der Waals surface area contributed by atoms with Gasteiger partial charge < -0.3 is 14.9 Å². The predicted octanol–water partition coefficient (Wildman–Crippen LogP) is 1.33. The highest BCUT2D eigenvalue weighted by atomic mass is 16.3. The number of nitrogens with zero attached hydrogens (tertiary/aromatic N) is 2. The summed E-state index contributed by atoms with van der Waals surface area (Å²) in [6.45, 7) is 3.24. The lowest BCUT2D eigenvalue weighted by atomic mass is 10.1. The Kier molecular flexibility index (Phi) is 4.52. The van der Waals surface area contributed by atoms with Crippen LogP contribution in [0.4, 0.5) is 0 Å². The standard InChI is InChI=1S/C13H20N2O2/c1-10-11(6-5-7-12(10)16)13(17)15(4)9-8-14(2)3/h5-7,16H,8-9H2,1-4H3. The molecule has 0 fully saturated rings. The highest BCUT2D eigenvalue weighted by Crippen LogP contribution is 2.20. The number of hydrogen-bond acceptors (Lipinski definition) is 3. The van der Waals surface area contributed by atoms with Gasteiger partial charge in [-0.1, -0.05) is 6.07 Å². The van der Waals surface area contributed by atoms with Crippen molar-refractivity contribution >= 4 is 5.91 Å². The number of phenolic OH excluding ortho intramolecular Hbond substituents is 1. The summed E-state index contributed by atoms with van der Waals surface area (Å²) in [7, 11) is 5.71. The minimum Gasteiger partial charge on any atom is -0.508 e. The van der Waals surface area contributed by atoms with E-state index in [0.29, 0.717) is 17.7 Å². The van der Waals surface area contributed by atoms with E-state index in [-0.39, 0.29) is 11.7 Å². The van der Waals surface area contributed by atoms with Crippen molar-refractivity contribution in [3.63, 3.8) is 0 Å². The van der Waals surface area contributed by atoms with Gasteiger partial charge in [0, 0.05) is 31.3 Å². The summed E-state index contributed by atoms with van der Waals surface area (Å²) < 4.78 is 0. The highest BCUT2D eigenvalue weighted by molar-refractivity contribution is 5.96. The Morgan fingerprint density at radius 1 is 1.24 bits per heavy atom. The normalized spacial score (nSPS) is 10.6. The smallest absolute Gasteiger partial charge is 0.254 e. The summed E-state index contributed by atoms with van der Waals surface area (Å²) >= 11 is 0. The molecule has 4 nitrogen and oxygen atoms in total. The minimum absolute atomic E-state index is 0.0553. The second-order valence-electron chi connectivity index (χ2n) is 4.48. The maximum absolute atomic E-state index is 12.1. The van der Waals surface area contributed by atoms with E-state index < -0.39 is 0 Å². The molecule has 4 heteroatoms. The summed E-state index contributed by atoms with van der Waals surface area (Å²) in [5, 5.41) is 9.57. The van der Waals surface area contributed by atoms with E-state index in [4.69, 9.17) is 0 Å². The second kappa shape index (κ2) is 5.68. The van der Waals surface area contributed by atoms with Crippen molar-refractivity contribution in [1.82, 2.24) is 9.80 Å². The van der Waals surface area contributed by atoms with Gasteiger partial charge in [0.05, 0.1) is 0 Å². The Morgan fingerprint density at radius 2 is 1.88 bits per heavy atom. The number of rotatable bonds is 4. The monoisotopic (exact) mass is 236 g/mol. The van der Waals surface area contributed by atoms with Crippen molar-refractivity contribution in [2.24, 2.45) is 0 Å². The zero-order chi connectivity index (χ0) is 13.0. The van der Waals surface area contributed by atoms with E-state index in [0.717, 1.165) is 6.54 Å². The van der Waals surface area contributed by atoms with Crippen LogP contribution in [0.3, 0.4) is 0 Å². The van der Waals surface area contributed by atoms with Crippen LogP contribution < -0.4 is 0 Å². The van der Waals surface area contributed by atoms with Crippen LogP contribution in [-0.4, -0.2) is 55.0 Å². The van der Waals surface area contributed by atoms with Crippen LogP contribution >= 0.6 is 0 Å². The number of carbonyl (C=O) groups is 1. The quantitative estimate of drug-likeness (QED) is 0.858. The van der Waals surface area contributed by atoms with Crippen molar-refractivity contribution < 1.29 is 9.90 Å². The molecular formula is C13H20N2O2. The molecule has 94 valence electrons. The Hall–Kier alpha value is -1.55. The zero-order valence-corrected chi connectivity index (χ0v) is 10.9. The van der Waals surface area contributed by atoms with Gasteiger partial charge in [0.15, 0.2) is 0 Å². The molecule has 0 aliphatic carbocycles. The van der Waals surface area contributed by atoms with Crippen LogP contribution in [0.1, 0.15) is 15.9 Å². The number of aromatic hydroxyl groups is 1. The summed E-state index contributed by atoms with van der Waals surface area (Å²) in [6, 6.07) is 5.02. The van der Waals surface area contributed by atoms with Crippen molar-refractivity contribution in [2.75, 3.05) is 34.2 Å². The first-order valence-electron chi connectivity index (χ1n) is 5.62. The Morgan fingerprint density at radius 3 is 2.47 bits per heavy atom. The molecule has 0 aliphatic heterocycles. The average Bonchev–Trinajstić information content (AvgIpc) is 2.28. The predicted molar refractivity (Wildman–Crippen MR) is 68.4 cm³/mol. The maximum Gasteiger partial charge on any atom is 0.254 e. The Bertz CT molecular complexity index is 402. The molecule has 0 aromatic heterocycles. The first-order valence-corrected chi connectivity index (χ1v) is 5.62. The molecule has 1 rings (SSSR count). The molecule has 0 bridgehead atoms. The van der Waals surface area contributed by atoms with E-state index >= 15 is 0 Å². The highest BCUT2D eigenvalue weighted by Gasteiger charge is 2.15. The fourth-order valence-electron chi connectivity index (χ4n) is 1.51. The van der Waals surface area contributed by atoms with E-state index in [1.165, 1.54) is 0 Å². The summed E-state index contributed by atoms with van der Waals surface area (Å²) in [5.74, 6) is 0.108. The van der Waals surface area contributed by atoms with Gasteiger partial charge in [-0.3, -0.25) is 4.79 Å². The van der Waals surface area contributed by atoms with Crippen LogP contribution in [-0.2, 0) is 0 Å². The van der Waals surface area contributed by atoms with Crippen molar-refractivity contribution in [2.45, 2.75) is 6.92 Å². The third-order valence-corrected chi connectivity index (χ3v) is 2.76. The van der Waals surface area contributed by atoms with Crippen LogP contribution in [0.15, 0.2) is 18.2 Å². The van der Waals surface area contributed by atoms with Crippen molar-refractivity contribution in [3.8, 4) is 5.75 Å². The number of likely N-dealkylation sites (N-methyl/N-ethyl adjacent to an activating group) is 2.